The summed E-state index contributed by atoms with van der Waals surface area (Å²) in [4.78, 5) is 7.13. The Morgan fingerprint density at radius 3 is 2.94 bits per heavy atom. The lowest BCUT2D eigenvalue weighted by Gasteiger charge is -2.18. The lowest BCUT2D eigenvalue weighted by molar-refractivity contribution is 0.382. The summed E-state index contributed by atoms with van der Waals surface area (Å²) in [6.07, 6.45) is 6.00. The molecule has 0 radical (unpaired) electrons. The fourth-order valence-electron chi connectivity index (χ4n) is 3.14. The molecule has 0 N–H and O–H groups in total. The highest BCUT2D eigenvalue weighted by molar-refractivity contribution is 4.99. The first-order valence-corrected chi connectivity index (χ1v) is 6.85. The molecular formula is C13H22N4. The van der Waals surface area contributed by atoms with E-state index >= 15 is 0 Å². The van der Waals surface area contributed by atoms with Crippen LogP contribution in [0.4, 0.5) is 0 Å². The molecule has 94 valence electrons. The zero-order valence-electron chi connectivity index (χ0n) is 10.9. The number of rotatable bonds is 2. The van der Waals surface area contributed by atoms with E-state index in [-0.39, 0.29) is 0 Å². The van der Waals surface area contributed by atoms with Crippen molar-refractivity contribution in [3.05, 3.63) is 11.6 Å². The number of hydrogen-bond donors (Lipinski definition) is 0. The second kappa shape index (κ2) is 4.41. The third-order valence-corrected chi connectivity index (χ3v) is 4.15. The minimum atomic E-state index is 0.547. The minimum absolute atomic E-state index is 0.547. The van der Waals surface area contributed by atoms with Crippen LogP contribution in [0.2, 0.25) is 0 Å². The molecule has 0 bridgehead atoms. The molecule has 1 fully saturated rings. The van der Waals surface area contributed by atoms with Crippen molar-refractivity contribution in [2.45, 2.75) is 45.1 Å². The van der Waals surface area contributed by atoms with Crippen molar-refractivity contribution in [3.63, 3.8) is 0 Å². The standard InChI is InChI=1S/C13H22N4/c1-10-4-3-5-13-14-12(15-17(10)13)8-11-6-7-16(2)9-11/h10-11H,3-9H2,1-2H3. The summed E-state index contributed by atoms with van der Waals surface area (Å²) < 4.78 is 2.16. The molecule has 2 atom stereocenters. The van der Waals surface area contributed by atoms with Gasteiger partial charge in [0.15, 0.2) is 5.82 Å². The van der Waals surface area contributed by atoms with E-state index in [9.17, 15) is 0 Å². The molecule has 0 aromatic carbocycles. The Bertz CT molecular complexity index is 398. The summed E-state index contributed by atoms with van der Waals surface area (Å²) >= 11 is 0. The van der Waals surface area contributed by atoms with Crippen molar-refractivity contribution in [1.82, 2.24) is 19.7 Å². The van der Waals surface area contributed by atoms with Crippen molar-refractivity contribution >= 4 is 0 Å². The summed E-state index contributed by atoms with van der Waals surface area (Å²) in [6, 6.07) is 0.547. The Balaban J connectivity index is 1.72. The van der Waals surface area contributed by atoms with Crippen molar-refractivity contribution in [2.24, 2.45) is 5.92 Å². The molecule has 4 heteroatoms. The molecule has 17 heavy (non-hydrogen) atoms. The normalized spacial score (nSPS) is 29.5. The van der Waals surface area contributed by atoms with Gasteiger partial charge in [-0.05, 0) is 45.7 Å². The molecule has 2 unspecified atom stereocenters. The first kappa shape index (κ1) is 11.2. The smallest absolute Gasteiger partial charge is 0.151 e. The van der Waals surface area contributed by atoms with Gasteiger partial charge in [-0.3, -0.25) is 0 Å². The van der Waals surface area contributed by atoms with Gasteiger partial charge < -0.3 is 4.90 Å². The van der Waals surface area contributed by atoms with Crippen LogP contribution in [0.3, 0.4) is 0 Å². The van der Waals surface area contributed by atoms with Crippen LogP contribution in [0.1, 0.15) is 43.9 Å². The number of fused-ring (bicyclic) bond motifs is 1. The number of aromatic nitrogens is 3. The molecule has 2 aliphatic rings. The third-order valence-electron chi connectivity index (χ3n) is 4.15. The molecule has 3 rings (SSSR count). The van der Waals surface area contributed by atoms with Gasteiger partial charge in [0, 0.05) is 19.4 Å². The lowest BCUT2D eigenvalue weighted by atomic mass is 10.1. The van der Waals surface area contributed by atoms with Crippen LogP contribution in [0.5, 0.6) is 0 Å². The number of aryl methyl sites for hydroxylation is 1. The second-order valence-corrected chi connectivity index (χ2v) is 5.75. The van der Waals surface area contributed by atoms with E-state index in [1.165, 1.54) is 38.2 Å². The minimum Gasteiger partial charge on any atom is -0.306 e. The van der Waals surface area contributed by atoms with Gasteiger partial charge >= 0.3 is 0 Å². The van der Waals surface area contributed by atoms with Crippen LogP contribution >= 0.6 is 0 Å². The molecular weight excluding hydrogens is 212 g/mol. The topological polar surface area (TPSA) is 34.0 Å². The highest BCUT2D eigenvalue weighted by atomic mass is 15.4. The molecule has 1 aromatic rings. The van der Waals surface area contributed by atoms with Crippen molar-refractivity contribution in [1.29, 1.82) is 0 Å². The van der Waals surface area contributed by atoms with Gasteiger partial charge in [0.05, 0.1) is 6.04 Å². The molecule has 1 aromatic heterocycles. The number of hydrogen-bond acceptors (Lipinski definition) is 3. The molecule has 1 saturated heterocycles. The maximum atomic E-state index is 4.72. The average Bonchev–Trinajstić information content (AvgIpc) is 2.86. The van der Waals surface area contributed by atoms with Gasteiger partial charge in [-0.2, -0.15) is 5.10 Å². The van der Waals surface area contributed by atoms with E-state index in [2.05, 4.69) is 23.6 Å². The van der Waals surface area contributed by atoms with Gasteiger partial charge in [0.1, 0.15) is 5.82 Å². The maximum absolute atomic E-state index is 4.72. The second-order valence-electron chi connectivity index (χ2n) is 5.75. The van der Waals surface area contributed by atoms with Gasteiger partial charge in [0.25, 0.3) is 0 Å². The summed E-state index contributed by atoms with van der Waals surface area (Å²) in [5.41, 5.74) is 0. The molecule has 4 nitrogen and oxygen atoms in total. The Morgan fingerprint density at radius 1 is 1.35 bits per heavy atom. The molecule has 2 aliphatic heterocycles. The average molecular weight is 234 g/mol. The highest BCUT2D eigenvalue weighted by Gasteiger charge is 2.24. The monoisotopic (exact) mass is 234 g/mol. The van der Waals surface area contributed by atoms with Crippen molar-refractivity contribution in [3.8, 4) is 0 Å². The Morgan fingerprint density at radius 2 is 2.24 bits per heavy atom. The molecule has 0 spiro atoms. The maximum Gasteiger partial charge on any atom is 0.151 e. The van der Waals surface area contributed by atoms with Crippen LogP contribution in [-0.2, 0) is 12.8 Å². The first-order chi connectivity index (χ1) is 8.22. The summed E-state index contributed by atoms with van der Waals surface area (Å²) in [7, 11) is 2.20. The molecule has 3 heterocycles. The SMILES string of the molecule is CC1CCCc2nc(CC3CCN(C)C3)nn21. The van der Waals surface area contributed by atoms with Gasteiger partial charge in [-0.15, -0.1) is 0 Å². The summed E-state index contributed by atoms with van der Waals surface area (Å²) in [6.45, 7) is 4.69. The Labute approximate surface area is 103 Å². The van der Waals surface area contributed by atoms with Gasteiger partial charge in [-0.25, -0.2) is 9.67 Å². The zero-order valence-corrected chi connectivity index (χ0v) is 10.9. The fourth-order valence-corrected chi connectivity index (χ4v) is 3.14. The quantitative estimate of drug-likeness (QED) is 0.780. The van der Waals surface area contributed by atoms with Crippen LogP contribution in [0.25, 0.3) is 0 Å². The van der Waals surface area contributed by atoms with Crippen LogP contribution < -0.4 is 0 Å². The number of likely N-dealkylation sites (tertiary alicyclic amines) is 1. The predicted octanol–water partition coefficient (Wildman–Crippen LogP) is 1.67. The van der Waals surface area contributed by atoms with E-state index < -0.39 is 0 Å². The summed E-state index contributed by atoms with van der Waals surface area (Å²) in [5, 5.41) is 4.71. The number of nitrogens with zero attached hydrogens (tertiary/aromatic N) is 4. The molecule has 0 amide bonds. The van der Waals surface area contributed by atoms with Crippen LogP contribution in [-0.4, -0.2) is 39.8 Å². The van der Waals surface area contributed by atoms with E-state index in [4.69, 9.17) is 10.1 Å². The Kier molecular flexibility index (Phi) is 2.90. The zero-order chi connectivity index (χ0) is 11.8. The van der Waals surface area contributed by atoms with E-state index in [1.807, 2.05) is 0 Å². The van der Waals surface area contributed by atoms with Crippen molar-refractivity contribution < 1.29 is 0 Å². The third kappa shape index (κ3) is 2.23. The predicted molar refractivity (Wildman–Crippen MR) is 67.0 cm³/mol. The van der Waals surface area contributed by atoms with Crippen LogP contribution in [0, 0.1) is 5.92 Å². The van der Waals surface area contributed by atoms with Crippen molar-refractivity contribution in [2.75, 3.05) is 20.1 Å². The molecule has 0 saturated carbocycles. The first-order valence-electron chi connectivity index (χ1n) is 6.85. The fraction of sp³-hybridized carbons (Fsp3) is 0.846. The Hall–Kier alpha value is -0.900. The lowest BCUT2D eigenvalue weighted by Crippen LogP contribution is -2.16. The highest BCUT2D eigenvalue weighted by Crippen LogP contribution is 2.24. The molecule has 0 aliphatic carbocycles. The van der Waals surface area contributed by atoms with E-state index in [1.54, 1.807) is 0 Å². The van der Waals surface area contributed by atoms with Gasteiger partial charge in [-0.1, -0.05) is 0 Å². The van der Waals surface area contributed by atoms with E-state index in [0.29, 0.717) is 6.04 Å². The summed E-state index contributed by atoms with van der Waals surface area (Å²) in [5.74, 6) is 3.05. The largest absolute Gasteiger partial charge is 0.306 e. The van der Waals surface area contributed by atoms with Crippen LogP contribution in [0.15, 0.2) is 0 Å². The van der Waals surface area contributed by atoms with E-state index in [0.717, 1.165) is 24.6 Å². The van der Waals surface area contributed by atoms with Gasteiger partial charge in [0.2, 0.25) is 0 Å².